The summed E-state index contributed by atoms with van der Waals surface area (Å²) in [5.41, 5.74) is 8.31. The number of halogens is 4. The van der Waals surface area contributed by atoms with E-state index in [1.807, 2.05) is 36.9 Å². The first-order chi connectivity index (χ1) is 31.5. The van der Waals surface area contributed by atoms with Gasteiger partial charge in [0.15, 0.2) is 0 Å². The van der Waals surface area contributed by atoms with Crippen molar-refractivity contribution in [2.75, 3.05) is 49.1 Å². The summed E-state index contributed by atoms with van der Waals surface area (Å²) in [7, 11) is 0. The van der Waals surface area contributed by atoms with Gasteiger partial charge < -0.3 is 40.2 Å². The number of aromatic nitrogens is 4. The fourth-order valence-corrected chi connectivity index (χ4v) is 11.0. The molecule has 4 fully saturated rings. The van der Waals surface area contributed by atoms with Crippen LogP contribution in [-0.2, 0) is 9.59 Å². The van der Waals surface area contributed by atoms with E-state index in [1.54, 1.807) is 12.1 Å². The van der Waals surface area contributed by atoms with Gasteiger partial charge in [0.05, 0.1) is 58.9 Å². The van der Waals surface area contributed by atoms with Crippen LogP contribution in [0.15, 0.2) is 85.5 Å². The van der Waals surface area contributed by atoms with E-state index in [4.69, 9.17) is 46.4 Å². The van der Waals surface area contributed by atoms with Gasteiger partial charge in [-0.3, -0.25) is 9.59 Å². The summed E-state index contributed by atoms with van der Waals surface area (Å²) < 4.78 is 4.30. The molecule has 2 amide bonds. The standard InChI is InChI=1S/C25H29Cl2N5O.C24H27Cl2N5O/c1-16(20-7-5-17(26)12-21(20)27)32-15-29-22-8-6-19(13-24(22)32)31-11-9-18(14-31)30-25(33)23-4-2-3-10-28-23;1-15(19-6-4-16(25)11-20(19)26)31-14-28-21-7-5-18(12-23(21)31)30-10-8-17(13-30)29-24(32)22-3-2-9-27-22/h5-8,12-13,15-16,18,23,28H,2-4,9-11,14H2,1H3,(H,30,33);4-7,11-12,14-15,17,22,27H,2-3,8-10,13H2,1H3,(H,29,32). The van der Waals surface area contributed by atoms with Gasteiger partial charge in [-0.2, -0.15) is 0 Å². The van der Waals surface area contributed by atoms with Gasteiger partial charge in [0.2, 0.25) is 11.8 Å². The largest absolute Gasteiger partial charge is 0.369 e. The maximum atomic E-state index is 12.6. The Morgan fingerprint density at radius 1 is 0.600 bits per heavy atom. The molecule has 0 radical (unpaired) electrons. The third-order valence-electron chi connectivity index (χ3n) is 13.6. The first-order valence-corrected chi connectivity index (χ1v) is 24.4. The number of piperidine rings is 1. The smallest absolute Gasteiger partial charge is 0.237 e. The highest BCUT2D eigenvalue weighted by molar-refractivity contribution is 6.35. The minimum absolute atomic E-state index is 0.0172. The molecule has 65 heavy (non-hydrogen) atoms. The summed E-state index contributed by atoms with van der Waals surface area (Å²) in [5.74, 6) is 0.278. The zero-order valence-electron chi connectivity index (χ0n) is 36.8. The zero-order valence-corrected chi connectivity index (χ0v) is 39.8. The van der Waals surface area contributed by atoms with Crippen molar-refractivity contribution in [1.29, 1.82) is 0 Å². The Morgan fingerprint density at radius 3 is 1.49 bits per heavy atom. The third-order valence-corrected chi connectivity index (χ3v) is 14.7. The second kappa shape index (κ2) is 20.1. The average molecular weight is 959 g/mol. The lowest BCUT2D eigenvalue weighted by molar-refractivity contribution is -0.124. The van der Waals surface area contributed by atoms with E-state index in [-0.39, 0.29) is 48.1 Å². The molecule has 6 atom stereocenters. The SMILES string of the molecule is CC(c1ccc(Cl)cc1Cl)n1cnc2ccc(N3CCC(NC(=O)C4CCCCN4)C3)cc21.CC(c1ccc(Cl)cc1Cl)n1cnc2ccc(N3CCC(NC(=O)C4CCCN4)C3)cc21. The Balaban J connectivity index is 0.000000164. The first-order valence-electron chi connectivity index (χ1n) is 22.9. The Labute approximate surface area is 400 Å². The number of hydrogen-bond acceptors (Lipinski definition) is 8. The highest BCUT2D eigenvalue weighted by Crippen LogP contribution is 2.34. The Morgan fingerprint density at radius 2 is 1.06 bits per heavy atom. The molecule has 2 aromatic heterocycles. The number of anilines is 2. The summed E-state index contributed by atoms with van der Waals surface area (Å²) in [4.78, 5) is 38.9. The van der Waals surface area contributed by atoms with E-state index in [1.165, 1.54) is 0 Å². The van der Waals surface area contributed by atoms with Crippen molar-refractivity contribution in [2.45, 2.75) is 95.0 Å². The quantitative estimate of drug-likeness (QED) is 0.107. The summed E-state index contributed by atoms with van der Waals surface area (Å²) in [5, 5.41) is 15.7. The van der Waals surface area contributed by atoms with Crippen LogP contribution in [0.3, 0.4) is 0 Å². The monoisotopic (exact) mass is 956 g/mol. The fraction of sp³-hybridized carbons (Fsp3) is 0.429. The summed E-state index contributed by atoms with van der Waals surface area (Å²) >= 11 is 25.1. The molecule has 6 heterocycles. The van der Waals surface area contributed by atoms with E-state index in [2.05, 4.69) is 100 Å². The summed E-state index contributed by atoms with van der Waals surface area (Å²) in [6, 6.07) is 24.3. The molecule has 10 rings (SSSR count). The van der Waals surface area contributed by atoms with Crippen molar-refractivity contribution in [3.63, 3.8) is 0 Å². The number of nitrogens with zero attached hydrogens (tertiary/aromatic N) is 6. The Hall–Kier alpha value is -4.56. The third kappa shape index (κ3) is 10.2. The molecule has 16 heteroatoms. The second-order valence-electron chi connectivity index (χ2n) is 17.9. The van der Waals surface area contributed by atoms with Gasteiger partial charge in [0, 0.05) is 69.7 Å². The topological polar surface area (TPSA) is 124 Å². The van der Waals surface area contributed by atoms with E-state index in [0.29, 0.717) is 20.1 Å². The van der Waals surface area contributed by atoms with Crippen molar-refractivity contribution in [3.05, 3.63) is 117 Å². The molecule has 6 aromatic rings. The van der Waals surface area contributed by atoms with Gasteiger partial charge in [-0.1, -0.05) is 65.0 Å². The van der Waals surface area contributed by atoms with Crippen LogP contribution in [0.25, 0.3) is 22.1 Å². The van der Waals surface area contributed by atoms with Gasteiger partial charge in [-0.25, -0.2) is 9.97 Å². The van der Waals surface area contributed by atoms with Crippen molar-refractivity contribution in [1.82, 2.24) is 40.4 Å². The lowest BCUT2D eigenvalue weighted by Gasteiger charge is -2.25. The molecule has 12 nitrogen and oxygen atoms in total. The van der Waals surface area contributed by atoms with Crippen molar-refractivity contribution >= 4 is 91.7 Å². The molecular weight excluding hydrogens is 902 g/mol. The summed E-state index contributed by atoms with van der Waals surface area (Å²) in [6.45, 7) is 9.56. The normalized spacial score (nSPS) is 21.9. The van der Waals surface area contributed by atoms with Gasteiger partial charge in [-0.05, 0) is 137 Å². The first kappa shape index (κ1) is 45.6. The molecule has 0 aliphatic carbocycles. The molecule has 4 saturated heterocycles. The molecule has 4 aliphatic rings. The number of fused-ring (bicyclic) bond motifs is 2. The van der Waals surface area contributed by atoms with E-state index in [0.717, 1.165) is 129 Å². The molecular formula is C49H56Cl4N10O2. The van der Waals surface area contributed by atoms with Crippen molar-refractivity contribution in [3.8, 4) is 0 Å². The predicted octanol–water partition coefficient (Wildman–Crippen LogP) is 9.19. The Kier molecular flexibility index (Phi) is 14.1. The molecule has 0 saturated carbocycles. The molecule has 4 aromatic carbocycles. The van der Waals surface area contributed by atoms with Crippen LogP contribution in [0.4, 0.5) is 11.4 Å². The number of nitrogens with one attached hydrogen (secondary N) is 4. The maximum absolute atomic E-state index is 12.6. The van der Waals surface area contributed by atoms with E-state index >= 15 is 0 Å². The second-order valence-corrected chi connectivity index (χ2v) is 19.6. The molecule has 6 unspecified atom stereocenters. The molecule has 0 bridgehead atoms. The minimum Gasteiger partial charge on any atom is -0.369 e. The van der Waals surface area contributed by atoms with Crippen molar-refractivity contribution < 1.29 is 9.59 Å². The van der Waals surface area contributed by atoms with Gasteiger partial charge in [-0.15, -0.1) is 0 Å². The zero-order chi connectivity index (χ0) is 45.2. The van der Waals surface area contributed by atoms with Crippen LogP contribution in [0.2, 0.25) is 20.1 Å². The number of benzene rings is 4. The number of imidazole rings is 2. The maximum Gasteiger partial charge on any atom is 0.237 e. The van der Waals surface area contributed by atoms with Crippen LogP contribution in [-0.4, -0.2) is 94.4 Å². The van der Waals surface area contributed by atoms with Gasteiger partial charge >= 0.3 is 0 Å². The van der Waals surface area contributed by atoms with Crippen molar-refractivity contribution in [2.24, 2.45) is 0 Å². The number of carbonyl (C=O) groups is 2. The molecule has 4 aliphatic heterocycles. The van der Waals surface area contributed by atoms with Crippen LogP contribution >= 0.6 is 46.4 Å². The molecule has 4 N–H and O–H groups in total. The molecule has 342 valence electrons. The predicted molar refractivity (Wildman–Crippen MR) is 264 cm³/mol. The highest BCUT2D eigenvalue weighted by atomic mass is 35.5. The van der Waals surface area contributed by atoms with Gasteiger partial charge in [0.1, 0.15) is 0 Å². The highest BCUT2D eigenvalue weighted by Gasteiger charge is 2.30. The number of amides is 2. The average Bonchev–Trinajstić information content (AvgIpc) is 4.17. The van der Waals surface area contributed by atoms with Crippen LogP contribution in [0, 0.1) is 0 Å². The van der Waals surface area contributed by atoms with Crippen LogP contribution in [0.5, 0.6) is 0 Å². The van der Waals surface area contributed by atoms with E-state index < -0.39 is 0 Å². The number of hydrogen-bond donors (Lipinski definition) is 4. The lowest BCUT2D eigenvalue weighted by atomic mass is 10.0. The Bertz CT molecular complexity index is 2660. The summed E-state index contributed by atoms with van der Waals surface area (Å²) in [6.07, 6.45) is 10.8. The van der Waals surface area contributed by atoms with E-state index in [9.17, 15) is 9.59 Å². The minimum atomic E-state index is -0.0420. The van der Waals surface area contributed by atoms with Gasteiger partial charge in [0.25, 0.3) is 0 Å². The van der Waals surface area contributed by atoms with Crippen LogP contribution in [0.1, 0.15) is 82.0 Å². The fourth-order valence-electron chi connectivity index (χ4n) is 9.83. The number of rotatable bonds is 10. The van der Waals surface area contributed by atoms with Crippen LogP contribution < -0.4 is 31.1 Å². The number of carbonyl (C=O) groups excluding carboxylic acids is 2. The lowest BCUT2D eigenvalue weighted by Crippen LogP contribution is -2.50. The molecule has 0 spiro atoms.